The van der Waals surface area contributed by atoms with E-state index in [9.17, 15) is 19.8 Å². The van der Waals surface area contributed by atoms with Gasteiger partial charge >= 0.3 is 12.2 Å². The monoisotopic (exact) mass is 626 g/mol. The molecule has 10 nitrogen and oxygen atoms in total. The Morgan fingerprint density at radius 3 is 1.31 bits per heavy atom. The van der Waals surface area contributed by atoms with Crippen molar-refractivity contribution in [2.45, 2.75) is 27.7 Å². The van der Waals surface area contributed by atoms with Crippen molar-refractivity contribution in [3.8, 4) is 23.0 Å². The van der Waals surface area contributed by atoms with Gasteiger partial charge in [0.15, 0.2) is 0 Å². The van der Waals surface area contributed by atoms with Crippen LogP contribution in [0, 0.1) is 27.7 Å². The van der Waals surface area contributed by atoms with Crippen molar-refractivity contribution in [3.63, 3.8) is 0 Å². The van der Waals surface area contributed by atoms with Gasteiger partial charge in [0.1, 0.15) is 23.0 Å². The fourth-order valence-corrected chi connectivity index (χ4v) is 4.97. The van der Waals surface area contributed by atoms with Crippen molar-refractivity contribution < 1.29 is 29.3 Å². The maximum absolute atomic E-state index is 12.8. The van der Waals surface area contributed by atoms with Gasteiger partial charge in [0.25, 0.3) is 0 Å². The zero-order valence-corrected chi connectivity index (χ0v) is 26.6. The highest BCUT2D eigenvalue weighted by molar-refractivity contribution is 7.95. The number of carbonyl (C=O) groups excluding carboxylic acids is 2. The fourth-order valence-electron chi connectivity index (χ4n) is 4.40. The first-order chi connectivity index (χ1) is 21.4. The number of hydrogen-bond acceptors (Lipinski definition) is 9. The van der Waals surface area contributed by atoms with Crippen LogP contribution in [0.5, 0.6) is 23.0 Å². The number of phenols is 2. The van der Waals surface area contributed by atoms with E-state index in [4.69, 9.17) is 9.47 Å². The minimum Gasteiger partial charge on any atom is -0.507 e. The van der Waals surface area contributed by atoms with Gasteiger partial charge in [0.2, 0.25) is 0 Å². The predicted molar refractivity (Wildman–Crippen MR) is 178 cm³/mol. The Kier molecular flexibility index (Phi) is 10.5. The summed E-state index contributed by atoms with van der Waals surface area (Å²) in [5.41, 5.74) is 5.69. The second kappa shape index (κ2) is 14.5. The van der Waals surface area contributed by atoms with Crippen LogP contribution in [0.3, 0.4) is 0 Å². The third kappa shape index (κ3) is 8.42. The maximum Gasteiger partial charge on any atom is 0.426 e. The van der Waals surface area contributed by atoms with E-state index in [0.717, 1.165) is 34.4 Å². The molecule has 0 bridgehead atoms. The highest BCUT2D eigenvalue weighted by Gasteiger charge is 2.21. The van der Waals surface area contributed by atoms with Crippen LogP contribution in [0.2, 0.25) is 0 Å². The summed E-state index contributed by atoms with van der Waals surface area (Å²) >= 11 is 0.815. The lowest BCUT2D eigenvalue weighted by Gasteiger charge is -2.22. The van der Waals surface area contributed by atoms with Gasteiger partial charge < -0.3 is 19.7 Å². The van der Waals surface area contributed by atoms with E-state index in [-0.39, 0.29) is 11.5 Å². The third-order valence-electron chi connectivity index (χ3n) is 6.64. The molecule has 4 rings (SSSR count). The molecule has 0 radical (unpaired) electrons. The summed E-state index contributed by atoms with van der Waals surface area (Å²) < 4.78 is 13.4. The summed E-state index contributed by atoms with van der Waals surface area (Å²) in [6.45, 7) is 7.39. The molecule has 4 aromatic carbocycles. The molecule has 0 fully saturated rings. The standard InChI is InChI=1S/C34H34N4O6S/c1-21-15-27(16-22(2)31(21)35-19-25-11-7-9-13-29(25)39)43-33(41)37(5)45-38(6)34(42)44-28-17-23(3)32(24(4)18-28)36-20-26-12-8-10-14-30(26)40/h7-20,39-40H,1-6H3. The van der Waals surface area contributed by atoms with Gasteiger partial charge in [-0.2, -0.15) is 0 Å². The number of amides is 2. The number of ether oxygens (including phenoxy) is 2. The van der Waals surface area contributed by atoms with Gasteiger partial charge in [0.05, 0.1) is 23.5 Å². The molecule has 232 valence electrons. The number of phenolic OH excluding ortho intramolecular Hbond substituents is 2. The second-order valence-corrected chi connectivity index (χ2v) is 11.5. The van der Waals surface area contributed by atoms with E-state index in [1.807, 2.05) is 39.8 Å². The molecule has 45 heavy (non-hydrogen) atoms. The summed E-state index contributed by atoms with van der Waals surface area (Å²) in [5, 5.41) is 20.0. The number of nitrogens with zero attached hydrogens (tertiary/aromatic N) is 4. The predicted octanol–water partition coefficient (Wildman–Crippen LogP) is 7.96. The van der Waals surface area contributed by atoms with Crippen LogP contribution in [-0.4, -0.2) is 57.5 Å². The Morgan fingerprint density at radius 2 is 0.978 bits per heavy atom. The number of aliphatic imine (C=N–C) groups is 2. The van der Waals surface area contributed by atoms with Crippen molar-refractivity contribution in [1.29, 1.82) is 0 Å². The first-order valence-corrected chi connectivity index (χ1v) is 14.6. The van der Waals surface area contributed by atoms with Crippen LogP contribution < -0.4 is 9.47 Å². The number of carbonyl (C=O) groups is 2. The zero-order chi connectivity index (χ0) is 32.7. The largest absolute Gasteiger partial charge is 0.507 e. The molecule has 0 spiro atoms. The average Bonchev–Trinajstić information content (AvgIpc) is 2.98. The quantitative estimate of drug-likeness (QED) is 0.150. The van der Waals surface area contributed by atoms with Crippen LogP contribution in [0.1, 0.15) is 33.4 Å². The molecule has 0 atom stereocenters. The topological polar surface area (TPSA) is 124 Å². The van der Waals surface area contributed by atoms with Gasteiger partial charge in [0, 0.05) is 37.7 Å². The Labute approximate surface area is 266 Å². The van der Waals surface area contributed by atoms with E-state index in [1.165, 1.54) is 22.7 Å². The average molecular weight is 627 g/mol. The van der Waals surface area contributed by atoms with Crippen LogP contribution in [0.4, 0.5) is 21.0 Å². The summed E-state index contributed by atoms with van der Waals surface area (Å²) in [7, 11) is 2.96. The van der Waals surface area contributed by atoms with Crippen molar-refractivity contribution in [3.05, 3.63) is 106 Å². The molecule has 11 heteroatoms. The van der Waals surface area contributed by atoms with E-state index < -0.39 is 12.2 Å². The lowest BCUT2D eigenvalue weighted by Crippen LogP contribution is -2.32. The molecule has 0 aliphatic heterocycles. The van der Waals surface area contributed by atoms with Gasteiger partial charge in [-0.1, -0.05) is 24.3 Å². The van der Waals surface area contributed by atoms with Crippen molar-refractivity contribution >= 4 is 48.1 Å². The summed E-state index contributed by atoms with van der Waals surface area (Å²) in [5.74, 6) is 0.911. The Bertz CT molecular complexity index is 1610. The zero-order valence-electron chi connectivity index (χ0n) is 25.8. The van der Waals surface area contributed by atoms with Gasteiger partial charge in [-0.15, -0.1) is 0 Å². The van der Waals surface area contributed by atoms with Crippen LogP contribution >= 0.6 is 12.1 Å². The summed E-state index contributed by atoms with van der Waals surface area (Å²) in [6.07, 6.45) is 1.78. The van der Waals surface area contributed by atoms with Crippen LogP contribution in [0.25, 0.3) is 0 Å². The van der Waals surface area contributed by atoms with E-state index in [2.05, 4.69) is 9.98 Å². The maximum atomic E-state index is 12.8. The molecule has 0 aromatic heterocycles. The number of benzene rings is 4. The first kappa shape index (κ1) is 32.6. The number of aromatic hydroxyl groups is 2. The van der Waals surface area contributed by atoms with Gasteiger partial charge in [-0.05, 0) is 98.5 Å². The normalized spacial score (nSPS) is 11.2. The fraction of sp³-hybridized carbons (Fsp3) is 0.176. The van der Waals surface area contributed by atoms with Crippen LogP contribution in [0.15, 0.2) is 82.8 Å². The van der Waals surface area contributed by atoms with Crippen molar-refractivity contribution in [2.24, 2.45) is 9.98 Å². The Morgan fingerprint density at radius 1 is 0.644 bits per heavy atom. The van der Waals surface area contributed by atoms with Gasteiger partial charge in [-0.3, -0.25) is 9.98 Å². The van der Waals surface area contributed by atoms with Gasteiger partial charge in [-0.25, -0.2) is 18.2 Å². The molecular weight excluding hydrogens is 592 g/mol. The summed E-state index contributed by atoms with van der Waals surface area (Å²) in [6, 6.07) is 20.6. The number of hydrogen-bond donors (Lipinski definition) is 2. The van der Waals surface area contributed by atoms with Crippen molar-refractivity contribution in [1.82, 2.24) is 8.61 Å². The molecule has 0 heterocycles. The molecular formula is C34H34N4O6S. The highest BCUT2D eigenvalue weighted by atomic mass is 32.2. The molecule has 0 saturated carbocycles. The second-order valence-electron chi connectivity index (χ2n) is 10.3. The molecule has 2 amide bonds. The Balaban J connectivity index is 1.35. The molecule has 2 N–H and O–H groups in total. The van der Waals surface area contributed by atoms with Crippen LogP contribution in [-0.2, 0) is 0 Å². The smallest absolute Gasteiger partial charge is 0.426 e. The lowest BCUT2D eigenvalue weighted by atomic mass is 10.1. The first-order valence-electron chi connectivity index (χ1n) is 13.9. The number of para-hydroxylation sites is 2. The molecule has 0 aliphatic carbocycles. The molecule has 0 saturated heterocycles. The van der Waals surface area contributed by atoms with E-state index in [0.29, 0.717) is 34.0 Å². The number of rotatable bonds is 8. The minimum absolute atomic E-state index is 0.131. The van der Waals surface area contributed by atoms with Crippen molar-refractivity contribution in [2.75, 3.05) is 14.1 Å². The molecule has 0 unspecified atom stereocenters. The minimum atomic E-state index is -0.692. The summed E-state index contributed by atoms with van der Waals surface area (Å²) in [4.78, 5) is 34.7. The highest BCUT2D eigenvalue weighted by Crippen LogP contribution is 2.31. The van der Waals surface area contributed by atoms with E-state index in [1.54, 1.807) is 73.1 Å². The lowest BCUT2D eigenvalue weighted by molar-refractivity contribution is 0.181. The van der Waals surface area contributed by atoms with E-state index >= 15 is 0 Å². The number of aryl methyl sites for hydroxylation is 4. The SMILES string of the molecule is Cc1cc(OC(=O)N(C)SN(C)C(=O)Oc2cc(C)c(N=Cc3ccccc3O)c(C)c2)cc(C)c1N=Cc1ccccc1O. The third-order valence-corrected chi connectivity index (χ3v) is 7.43. The Hall–Kier alpha value is -5.29. The molecule has 0 aliphatic rings. The molecule has 4 aromatic rings.